The predicted molar refractivity (Wildman–Crippen MR) is 63.9 cm³/mol. The number of rotatable bonds is 2. The lowest BCUT2D eigenvalue weighted by Crippen LogP contribution is -2.30. The van der Waals surface area contributed by atoms with Crippen molar-refractivity contribution in [3.05, 3.63) is 56.6 Å². The van der Waals surface area contributed by atoms with E-state index in [1.165, 1.54) is 19.2 Å². The number of H-pyrrole nitrogens is 1. The number of aromatic amines is 1. The zero-order valence-corrected chi connectivity index (χ0v) is 9.81. The van der Waals surface area contributed by atoms with Gasteiger partial charge in [-0.1, -0.05) is 0 Å². The van der Waals surface area contributed by atoms with Crippen LogP contribution in [0.15, 0.2) is 34.0 Å². The summed E-state index contributed by atoms with van der Waals surface area (Å²) in [6.07, 6.45) is 1.06. The highest BCUT2D eigenvalue weighted by Gasteiger charge is 2.09. The van der Waals surface area contributed by atoms with Crippen molar-refractivity contribution in [2.45, 2.75) is 0 Å². The third kappa shape index (κ3) is 2.24. The molecule has 0 saturated heterocycles. The molecule has 0 unspecified atom stereocenters. The smallest absolute Gasteiger partial charge is 0.332 e. The Hall–Kier alpha value is -2.88. The average Bonchev–Trinajstić information content (AvgIpc) is 2.39. The van der Waals surface area contributed by atoms with E-state index in [9.17, 15) is 14.0 Å². The fourth-order valence-electron chi connectivity index (χ4n) is 1.55. The van der Waals surface area contributed by atoms with Crippen LogP contribution >= 0.6 is 0 Å². The summed E-state index contributed by atoms with van der Waals surface area (Å²) in [5.41, 5.74) is -1.60. The van der Waals surface area contributed by atoms with Gasteiger partial charge in [-0.25, -0.2) is 9.18 Å². The first-order valence-corrected chi connectivity index (χ1v) is 5.17. The molecule has 0 amide bonds. The first kappa shape index (κ1) is 12.6. The quantitative estimate of drug-likeness (QED) is 0.854. The van der Waals surface area contributed by atoms with Crippen molar-refractivity contribution in [2.75, 3.05) is 7.11 Å². The van der Waals surface area contributed by atoms with Gasteiger partial charge in [0.15, 0.2) is 11.6 Å². The van der Waals surface area contributed by atoms with Crippen molar-refractivity contribution in [1.82, 2.24) is 9.55 Å². The highest BCUT2D eigenvalue weighted by molar-refractivity contribution is 5.39. The molecule has 19 heavy (non-hydrogen) atoms. The predicted octanol–water partition coefficient (Wildman–Crippen LogP) is 0.545. The average molecular weight is 261 g/mol. The fourth-order valence-corrected chi connectivity index (χ4v) is 1.55. The van der Waals surface area contributed by atoms with Gasteiger partial charge in [0.25, 0.3) is 5.56 Å². The molecule has 0 saturated carbocycles. The summed E-state index contributed by atoms with van der Waals surface area (Å²) in [6.45, 7) is 0. The largest absolute Gasteiger partial charge is 0.494 e. The number of aromatic nitrogens is 2. The standard InChI is InChI=1S/C12H8FN3O3/c1-19-10-3-2-8(4-9(10)13)16-6-7(5-14)11(17)15-12(16)18/h2-4,6H,1H3,(H,15,17,18). The van der Waals surface area contributed by atoms with Gasteiger partial charge in [-0.05, 0) is 12.1 Å². The van der Waals surface area contributed by atoms with Crippen LogP contribution in [0.2, 0.25) is 0 Å². The molecule has 0 spiro atoms. The van der Waals surface area contributed by atoms with Crippen LogP contribution in [-0.4, -0.2) is 16.7 Å². The van der Waals surface area contributed by atoms with Crippen molar-refractivity contribution >= 4 is 0 Å². The van der Waals surface area contributed by atoms with E-state index in [1.54, 1.807) is 6.07 Å². The highest BCUT2D eigenvalue weighted by atomic mass is 19.1. The van der Waals surface area contributed by atoms with Crippen LogP contribution < -0.4 is 16.0 Å². The number of hydrogen-bond donors (Lipinski definition) is 1. The molecule has 0 aliphatic heterocycles. The topological polar surface area (TPSA) is 87.9 Å². The summed E-state index contributed by atoms with van der Waals surface area (Å²) in [5.74, 6) is -0.627. The molecule has 6 nitrogen and oxygen atoms in total. The lowest BCUT2D eigenvalue weighted by Gasteiger charge is -2.07. The number of nitrogens with zero attached hydrogens (tertiary/aromatic N) is 2. The molecule has 0 bridgehead atoms. The third-order valence-electron chi connectivity index (χ3n) is 2.48. The zero-order valence-electron chi connectivity index (χ0n) is 9.81. The first-order chi connectivity index (χ1) is 9.06. The molecule has 1 aromatic carbocycles. The van der Waals surface area contributed by atoms with Gasteiger partial charge in [-0.2, -0.15) is 5.26 Å². The molecule has 0 aliphatic rings. The molecule has 1 aromatic heterocycles. The van der Waals surface area contributed by atoms with E-state index in [2.05, 4.69) is 0 Å². The first-order valence-electron chi connectivity index (χ1n) is 5.17. The molecule has 0 radical (unpaired) electrons. The molecule has 1 N–H and O–H groups in total. The molecule has 2 rings (SSSR count). The van der Waals surface area contributed by atoms with E-state index in [1.807, 2.05) is 4.98 Å². The van der Waals surface area contributed by atoms with Gasteiger partial charge in [0.05, 0.1) is 12.8 Å². The Morgan fingerprint density at radius 2 is 2.16 bits per heavy atom. The SMILES string of the molecule is COc1ccc(-n2cc(C#N)c(=O)[nH]c2=O)cc1F. The van der Waals surface area contributed by atoms with Gasteiger partial charge >= 0.3 is 5.69 Å². The minimum Gasteiger partial charge on any atom is -0.494 e. The van der Waals surface area contributed by atoms with E-state index >= 15 is 0 Å². The van der Waals surface area contributed by atoms with Crippen molar-refractivity contribution in [2.24, 2.45) is 0 Å². The number of nitrogens with one attached hydrogen (secondary N) is 1. The van der Waals surface area contributed by atoms with Gasteiger partial charge in [0.2, 0.25) is 0 Å². The van der Waals surface area contributed by atoms with E-state index in [0.717, 1.165) is 16.8 Å². The second kappa shape index (κ2) is 4.78. The van der Waals surface area contributed by atoms with E-state index in [-0.39, 0.29) is 17.0 Å². The van der Waals surface area contributed by atoms with Crippen LogP contribution in [0.5, 0.6) is 5.75 Å². The highest BCUT2D eigenvalue weighted by Crippen LogP contribution is 2.19. The molecular formula is C12H8FN3O3. The maximum atomic E-state index is 13.6. The van der Waals surface area contributed by atoms with Gasteiger partial charge in [-0.15, -0.1) is 0 Å². The van der Waals surface area contributed by atoms with Crippen LogP contribution in [0.1, 0.15) is 5.56 Å². The molecule has 2 aromatic rings. The molecule has 1 heterocycles. The minimum atomic E-state index is -0.780. The molecule has 7 heteroatoms. The van der Waals surface area contributed by atoms with Crippen LogP contribution in [0.4, 0.5) is 4.39 Å². The number of ether oxygens (including phenoxy) is 1. The normalized spacial score (nSPS) is 9.95. The summed E-state index contributed by atoms with van der Waals surface area (Å²) < 4.78 is 19.3. The van der Waals surface area contributed by atoms with E-state index < -0.39 is 17.1 Å². The molecular weight excluding hydrogens is 253 g/mol. The van der Waals surface area contributed by atoms with Crippen molar-refractivity contribution in [1.29, 1.82) is 5.26 Å². The van der Waals surface area contributed by atoms with Gasteiger partial charge in [0.1, 0.15) is 11.6 Å². The Bertz CT molecular complexity index is 786. The van der Waals surface area contributed by atoms with Crippen molar-refractivity contribution < 1.29 is 9.13 Å². The Kier molecular flexibility index (Phi) is 3.16. The fraction of sp³-hybridized carbons (Fsp3) is 0.0833. The lowest BCUT2D eigenvalue weighted by molar-refractivity contribution is 0.386. The summed E-state index contributed by atoms with van der Waals surface area (Å²) in [4.78, 5) is 24.8. The summed E-state index contributed by atoms with van der Waals surface area (Å²) >= 11 is 0. The van der Waals surface area contributed by atoms with Gasteiger partial charge in [-0.3, -0.25) is 14.3 Å². The Balaban J connectivity index is 2.66. The Morgan fingerprint density at radius 1 is 1.42 bits per heavy atom. The number of nitriles is 1. The van der Waals surface area contributed by atoms with E-state index in [0.29, 0.717) is 0 Å². The summed E-state index contributed by atoms with van der Waals surface area (Å²) in [5, 5.41) is 8.74. The van der Waals surface area contributed by atoms with Crippen LogP contribution in [0.3, 0.4) is 0 Å². The third-order valence-corrected chi connectivity index (χ3v) is 2.48. The van der Waals surface area contributed by atoms with Crippen LogP contribution in [0.25, 0.3) is 5.69 Å². The maximum absolute atomic E-state index is 13.6. The van der Waals surface area contributed by atoms with Crippen molar-refractivity contribution in [3.8, 4) is 17.5 Å². The summed E-state index contributed by atoms with van der Waals surface area (Å²) in [7, 11) is 1.32. The number of benzene rings is 1. The Labute approximate surface area is 106 Å². The number of methoxy groups -OCH3 is 1. The van der Waals surface area contributed by atoms with E-state index in [4.69, 9.17) is 10.00 Å². The lowest BCUT2D eigenvalue weighted by atomic mass is 10.2. The maximum Gasteiger partial charge on any atom is 0.332 e. The van der Waals surface area contributed by atoms with Crippen molar-refractivity contribution in [3.63, 3.8) is 0 Å². The minimum absolute atomic E-state index is 0.0294. The molecule has 0 fully saturated rings. The zero-order chi connectivity index (χ0) is 14.0. The van der Waals surface area contributed by atoms with Crippen LogP contribution in [0, 0.1) is 17.1 Å². The number of halogens is 1. The second-order valence-corrected chi connectivity index (χ2v) is 3.60. The molecule has 96 valence electrons. The summed E-state index contributed by atoms with van der Waals surface area (Å²) in [6, 6.07) is 5.49. The number of hydrogen-bond acceptors (Lipinski definition) is 4. The molecule has 0 aliphatic carbocycles. The Morgan fingerprint density at radius 3 is 2.74 bits per heavy atom. The second-order valence-electron chi connectivity index (χ2n) is 3.60. The monoisotopic (exact) mass is 261 g/mol. The van der Waals surface area contributed by atoms with Crippen LogP contribution in [-0.2, 0) is 0 Å². The van der Waals surface area contributed by atoms with Gasteiger partial charge in [0, 0.05) is 12.3 Å². The van der Waals surface area contributed by atoms with Gasteiger partial charge < -0.3 is 4.74 Å². The molecule has 0 atom stereocenters.